The lowest BCUT2D eigenvalue weighted by atomic mass is 10.2. The zero-order valence-corrected chi connectivity index (χ0v) is 12.8. The van der Waals surface area contributed by atoms with Crippen LogP contribution in [0.4, 0.5) is 0 Å². The van der Waals surface area contributed by atoms with Crippen LogP contribution >= 0.6 is 24.0 Å². The van der Waals surface area contributed by atoms with Crippen LogP contribution in [0.1, 0.15) is 25.3 Å². The Morgan fingerprint density at radius 3 is 3.00 bits per heavy atom. The highest BCUT2D eigenvalue weighted by molar-refractivity contribution is 7.99. The van der Waals surface area contributed by atoms with Crippen molar-refractivity contribution >= 4 is 35.0 Å². The molecule has 102 valence electrons. The fourth-order valence-corrected chi connectivity index (χ4v) is 4.41. The summed E-state index contributed by atoms with van der Waals surface area (Å²) in [7, 11) is 1.70. The molecule has 1 aliphatic rings. The molecular formula is C14H18N2OS2. The van der Waals surface area contributed by atoms with Gasteiger partial charge in [-0.1, -0.05) is 12.5 Å². The van der Waals surface area contributed by atoms with Crippen molar-refractivity contribution in [3.8, 4) is 5.75 Å². The van der Waals surface area contributed by atoms with Crippen LogP contribution < -0.4 is 4.74 Å². The maximum absolute atomic E-state index is 5.54. The van der Waals surface area contributed by atoms with Crippen molar-refractivity contribution in [1.29, 1.82) is 0 Å². The van der Waals surface area contributed by atoms with Crippen molar-refractivity contribution < 1.29 is 4.74 Å². The number of rotatable bonds is 3. The zero-order chi connectivity index (χ0) is 13.4. The molecule has 5 heteroatoms. The molecule has 1 saturated carbocycles. The largest absolute Gasteiger partial charge is 0.494 e. The van der Waals surface area contributed by atoms with Gasteiger partial charge >= 0.3 is 0 Å². The fourth-order valence-electron chi connectivity index (χ4n) is 3.10. The lowest BCUT2D eigenvalue weighted by Crippen LogP contribution is -2.15. The van der Waals surface area contributed by atoms with Crippen molar-refractivity contribution in [1.82, 2.24) is 9.55 Å². The van der Waals surface area contributed by atoms with Crippen LogP contribution in [0.15, 0.2) is 18.2 Å². The summed E-state index contributed by atoms with van der Waals surface area (Å²) < 4.78 is 8.52. The lowest BCUT2D eigenvalue weighted by molar-refractivity contribution is 0.419. The Balaban J connectivity index is 2.18. The van der Waals surface area contributed by atoms with E-state index in [9.17, 15) is 0 Å². The Bertz CT molecular complexity index is 646. The molecule has 0 amide bonds. The number of nitrogens with one attached hydrogen (secondary N) is 1. The molecular weight excluding hydrogens is 276 g/mol. The van der Waals surface area contributed by atoms with Crippen LogP contribution in [0.25, 0.3) is 11.0 Å². The van der Waals surface area contributed by atoms with Gasteiger partial charge in [0, 0.05) is 11.3 Å². The number of H-pyrrole nitrogens is 1. The maximum atomic E-state index is 5.54. The molecule has 1 aromatic heterocycles. The van der Waals surface area contributed by atoms with Gasteiger partial charge in [0.05, 0.1) is 12.6 Å². The summed E-state index contributed by atoms with van der Waals surface area (Å²) in [6, 6.07) is 6.63. The third kappa shape index (κ3) is 2.09. The van der Waals surface area contributed by atoms with Gasteiger partial charge in [0.2, 0.25) is 0 Å². The molecule has 1 fully saturated rings. The van der Waals surface area contributed by atoms with E-state index in [2.05, 4.69) is 21.9 Å². The van der Waals surface area contributed by atoms with Gasteiger partial charge in [0.15, 0.2) is 4.77 Å². The summed E-state index contributed by atoms with van der Waals surface area (Å²) in [6.45, 7) is 0. The molecule has 19 heavy (non-hydrogen) atoms. The van der Waals surface area contributed by atoms with Gasteiger partial charge in [-0.25, -0.2) is 0 Å². The van der Waals surface area contributed by atoms with Gasteiger partial charge in [0.25, 0.3) is 0 Å². The summed E-state index contributed by atoms with van der Waals surface area (Å²) in [5.41, 5.74) is 2.18. The number of methoxy groups -OCH3 is 1. The van der Waals surface area contributed by atoms with Gasteiger partial charge in [-0.15, -0.1) is 0 Å². The van der Waals surface area contributed by atoms with E-state index in [1.807, 2.05) is 23.9 Å². The molecule has 0 bridgehead atoms. The minimum Gasteiger partial charge on any atom is -0.494 e. The zero-order valence-electron chi connectivity index (χ0n) is 11.2. The van der Waals surface area contributed by atoms with Crippen molar-refractivity contribution in [2.24, 2.45) is 0 Å². The molecule has 0 saturated heterocycles. The number of hydrogen-bond acceptors (Lipinski definition) is 3. The predicted octanol–water partition coefficient (Wildman–Crippen LogP) is 4.16. The molecule has 2 atom stereocenters. The van der Waals surface area contributed by atoms with Crippen LogP contribution in [0.3, 0.4) is 0 Å². The van der Waals surface area contributed by atoms with Crippen LogP contribution in [-0.4, -0.2) is 28.2 Å². The fraction of sp³-hybridized carbons (Fsp3) is 0.500. The average Bonchev–Trinajstić information content (AvgIpc) is 3.00. The minimum atomic E-state index is 0.503. The number of fused-ring (bicyclic) bond motifs is 1. The van der Waals surface area contributed by atoms with Crippen LogP contribution in [-0.2, 0) is 0 Å². The first-order valence-electron chi connectivity index (χ1n) is 6.56. The van der Waals surface area contributed by atoms with E-state index in [-0.39, 0.29) is 0 Å². The topological polar surface area (TPSA) is 29.9 Å². The smallest absolute Gasteiger partial charge is 0.178 e. The second-order valence-corrected chi connectivity index (χ2v) is 6.39. The summed E-state index contributed by atoms with van der Waals surface area (Å²) in [4.78, 5) is 3.31. The van der Waals surface area contributed by atoms with E-state index in [0.717, 1.165) is 21.6 Å². The number of imidazole rings is 1. The second kappa shape index (κ2) is 5.21. The van der Waals surface area contributed by atoms with Crippen LogP contribution in [0, 0.1) is 4.77 Å². The standard InChI is InChI=1S/C14H18N2OS2/c1-17-11-7-3-6-10-13(11)15-14(18)16(10)9-5-4-8-12(9)19-2/h3,6-7,9,12H,4-5,8H2,1-2H3,(H,15,18). The number of nitrogens with zero attached hydrogens (tertiary/aromatic N) is 1. The normalized spacial score (nSPS) is 23.1. The molecule has 2 unspecified atom stereocenters. The van der Waals surface area contributed by atoms with Crippen LogP contribution in [0.5, 0.6) is 5.75 Å². The van der Waals surface area contributed by atoms with Crippen molar-refractivity contribution in [2.75, 3.05) is 13.4 Å². The summed E-state index contributed by atoms with van der Waals surface area (Å²) in [6.07, 6.45) is 5.98. The molecule has 3 rings (SSSR count). The lowest BCUT2D eigenvalue weighted by Gasteiger charge is -2.20. The number of aromatic nitrogens is 2. The molecule has 0 radical (unpaired) electrons. The summed E-state index contributed by atoms with van der Waals surface area (Å²) >= 11 is 7.49. The highest BCUT2D eigenvalue weighted by Crippen LogP contribution is 2.40. The number of ether oxygens (including phenoxy) is 1. The van der Waals surface area contributed by atoms with Crippen LogP contribution in [0.2, 0.25) is 0 Å². The van der Waals surface area contributed by atoms with Gasteiger partial charge in [-0.3, -0.25) is 0 Å². The Morgan fingerprint density at radius 2 is 2.26 bits per heavy atom. The van der Waals surface area contributed by atoms with Gasteiger partial charge < -0.3 is 14.3 Å². The molecule has 3 nitrogen and oxygen atoms in total. The summed E-state index contributed by atoms with van der Waals surface area (Å²) in [5.74, 6) is 0.862. The van der Waals surface area contributed by atoms with E-state index in [1.54, 1.807) is 7.11 Å². The minimum absolute atomic E-state index is 0.503. The molecule has 0 aliphatic heterocycles. The van der Waals surface area contributed by atoms with E-state index in [4.69, 9.17) is 17.0 Å². The van der Waals surface area contributed by atoms with Gasteiger partial charge in [0.1, 0.15) is 11.3 Å². The molecule has 2 aromatic rings. The van der Waals surface area contributed by atoms with Gasteiger partial charge in [-0.05, 0) is 43.4 Å². The quantitative estimate of drug-likeness (QED) is 0.862. The Kier molecular flexibility index (Phi) is 3.58. The molecule has 1 aromatic carbocycles. The third-order valence-corrected chi connectivity index (χ3v) is 5.44. The average molecular weight is 294 g/mol. The molecule has 0 spiro atoms. The van der Waals surface area contributed by atoms with E-state index in [0.29, 0.717) is 11.3 Å². The Hall–Kier alpha value is -0.940. The van der Waals surface area contributed by atoms with Crippen molar-refractivity contribution in [2.45, 2.75) is 30.6 Å². The maximum Gasteiger partial charge on any atom is 0.178 e. The number of para-hydroxylation sites is 1. The number of thioether (sulfide) groups is 1. The Morgan fingerprint density at radius 1 is 1.42 bits per heavy atom. The number of hydrogen-bond donors (Lipinski definition) is 1. The molecule has 1 heterocycles. The highest BCUT2D eigenvalue weighted by atomic mass is 32.2. The van der Waals surface area contributed by atoms with E-state index >= 15 is 0 Å². The predicted molar refractivity (Wildman–Crippen MR) is 83.9 cm³/mol. The summed E-state index contributed by atoms with van der Waals surface area (Å²) in [5, 5.41) is 0.664. The first-order chi connectivity index (χ1) is 9.26. The first-order valence-corrected chi connectivity index (χ1v) is 8.26. The van der Waals surface area contributed by atoms with E-state index in [1.165, 1.54) is 19.3 Å². The highest BCUT2D eigenvalue weighted by Gasteiger charge is 2.29. The Labute approximate surface area is 122 Å². The molecule has 1 aliphatic carbocycles. The van der Waals surface area contributed by atoms with E-state index < -0.39 is 0 Å². The molecule has 1 N–H and O–H groups in total. The monoisotopic (exact) mass is 294 g/mol. The van der Waals surface area contributed by atoms with Crippen molar-refractivity contribution in [3.05, 3.63) is 23.0 Å². The SMILES string of the molecule is COc1cccc2c1[nH]c(=S)n2C1CCCC1SC. The van der Waals surface area contributed by atoms with Crippen molar-refractivity contribution in [3.63, 3.8) is 0 Å². The second-order valence-electron chi connectivity index (χ2n) is 4.93. The van der Waals surface area contributed by atoms with Gasteiger partial charge in [-0.2, -0.15) is 11.8 Å². The first kappa shape index (κ1) is 13.1. The number of benzene rings is 1. The third-order valence-electron chi connectivity index (χ3n) is 3.99. The number of aromatic amines is 1.